The summed E-state index contributed by atoms with van der Waals surface area (Å²) < 4.78 is 17.8. The number of nitrogens with one attached hydrogen (secondary N) is 2. The number of hydrogen-bond donors (Lipinski definition) is 3. The van der Waals surface area contributed by atoms with E-state index in [1.165, 1.54) is 21.8 Å². The molecule has 2 rings (SSSR count). The Hall–Kier alpha value is -2.44. The summed E-state index contributed by atoms with van der Waals surface area (Å²) in [6.45, 7) is 8.45. The minimum Gasteiger partial charge on any atom is -0.458 e. The van der Waals surface area contributed by atoms with Gasteiger partial charge in [-0.15, -0.1) is 0 Å². The van der Waals surface area contributed by atoms with Gasteiger partial charge < -0.3 is 24.6 Å². The number of carbonyl (C=O) groups excluding carboxylic acids is 2. The molecular formula is C22H32BrN3O8. The Morgan fingerprint density at radius 1 is 1.38 bits per heavy atom. The molecule has 0 saturated carbocycles. The maximum absolute atomic E-state index is 12.9. The number of carbonyl (C=O) groups is 2. The lowest BCUT2D eigenvalue weighted by atomic mass is 10.0. The molecule has 3 N–H and O–H groups in total. The Morgan fingerprint density at radius 3 is 2.62 bits per heavy atom. The summed E-state index contributed by atoms with van der Waals surface area (Å²) in [5, 5.41) is 12.3. The molecule has 1 saturated heterocycles. The predicted octanol–water partition coefficient (Wildman–Crippen LogP) is 2.03. The second-order valence-electron chi connectivity index (χ2n) is 9.39. The van der Waals surface area contributed by atoms with Gasteiger partial charge in [-0.3, -0.25) is 14.3 Å². The molecule has 0 radical (unpaired) electrons. The summed E-state index contributed by atoms with van der Waals surface area (Å²) >= 11 is 3.09. The van der Waals surface area contributed by atoms with Crippen molar-refractivity contribution in [1.82, 2.24) is 14.9 Å². The van der Waals surface area contributed by atoms with Crippen LogP contribution in [0.25, 0.3) is 6.08 Å². The first-order valence-corrected chi connectivity index (χ1v) is 11.8. The monoisotopic (exact) mass is 545 g/mol. The first-order valence-electron chi connectivity index (χ1n) is 10.9. The van der Waals surface area contributed by atoms with Crippen molar-refractivity contribution >= 4 is 34.1 Å². The first kappa shape index (κ1) is 27.8. The number of H-pyrrole nitrogens is 1. The van der Waals surface area contributed by atoms with Crippen LogP contribution in [0.2, 0.25) is 0 Å². The summed E-state index contributed by atoms with van der Waals surface area (Å²) in [4.78, 5) is 53.1. The molecule has 190 valence electrons. The number of aromatic amines is 1. The molecule has 0 spiro atoms. The van der Waals surface area contributed by atoms with Gasteiger partial charge in [-0.25, -0.2) is 14.4 Å². The molecule has 2 heterocycles. The number of aliphatic hydroxyl groups excluding tert-OH is 1. The van der Waals surface area contributed by atoms with E-state index in [-0.39, 0.29) is 17.9 Å². The molecular weight excluding hydrogens is 514 g/mol. The highest BCUT2D eigenvalue weighted by Crippen LogP contribution is 2.30. The van der Waals surface area contributed by atoms with Crippen LogP contribution in [0.15, 0.2) is 20.8 Å². The van der Waals surface area contributed by atoms with E-state index in [9.17, 15) is 24.3 Å². The summed E-state index contributed by atoms with van der Waals surface area (Å²) in [5.74, 6) is -0.640. The highest BCUT2D eigenvalue weighted by molar-refractivity contribution is 9.11. The van der Waals surface area contributed by atoms with Crippen molar-refractivity contribution in [2.45, 2.75) is 77.5 Å². The van der Waals surface area contributed by atoms with E-state index in [0.717, 1.165) is 0 Å². The molecule has 1 aliphatic rings. The number of esters is 1. The number of nitrogens with zero attached hydrogens (tertiary/aromatic N) is 1. The fourth-order valence-electron chi connectivity index (χ4n) is 3.43. The van der Waals surface area contributed by atoms with Crippen LogP contribution >= 0.6 is 15.9 Å². The lowest BCUT2D eigenvalue weighted by Crippen LogP contribution is -2.46. The Labute approximate surface area is 205 Å². The zero-order chi connectivity index (χ0) is 25.6. The third-order valence-electron chi connectivity index (χ3n) is 4.86. The number of halogens is 1. The van der Waals surface area contributed by atoms with E-state index >= 15 is 0 Å². The summed E-state index contributed by atoms with van der Waals surface area (Å²) in [6.07, 6.45) is -0.263. The van der Waals surface area contributed by atoms with Crippen LogP contribution in [0.1, 0.15) is 59.3 Å². The number of aliphatic hydroxyl groups is 1. The molecule has 0 aliphatic carbocycles. The zero-order valence-corrected chi connectivity index (χ0v) is 21.5. The topological polar surface area (TPSA) is 149 Å². The van der Waals surface area contributed by atoms with Crippen molar-refractivity contribution in [1.29, 1.82) is 0 Å². The molecule has 4 atom stereocenters. The molecule has 11 nitrogen and oxygen atoms in total. The standard InChI is InChI=1S/C22H32BrN3O8/c1-12(2)8-14(24-21(31)34-22(3,4)5)19(29)33-15-9-17(32-16(15)11-27)26-10-13(6-7-23)18(28)25-20(26)30/h6-7,10,12,14-17,27H,8-9,11H2,1-5H3,(H,24,31)(H,25,28,30)/b7-6+/t14-,15-,16+,17+/m0/s1. The van der Waals surface area contributed by atoms with Crippen LogP contribution in [0, 0.1) is 5.92 Å². The average Bonchev–Trinajstić information content (AvgIpc) is 3.10. The second kappa shape index (κ2) is 11.8. The minimum absolute atomic E-state index is 0.0568. The van der Waals surface area contributed by atoms with Gasteiger partial charge in [0.05, 0.1) is 12.2 Å². The van der Waals surface area contributed by atoms with E-state index in [2.05, 4.69) is 26.2 Å². The fourth-order valence-corrected chi connectivity index (χ4v) is 3.71. The largest absolute Gasteiger partial charge is 0.458 e. The Bertz CT molecular complexity index is 1010. The maximum atomic E-state index is 12.9. The van der Waals surface area contributed by atoms with E-state index in [4.69, 9.17) is 14.2 Å². The number of alkyl carbamates (subject to hydrolysis) is 1. The van der Waals surface area contributed by atoms with E-state index in [1.807, 2.05) is 13.8 Å². The molecule has 0 unspecified atom stereocenters. The van der Waals surface area contributed by atoms with Gasteiger partial charge in [-0.1, -0.05) is 29.8 Å². The minimum atomic E-state index is -0.972. The van der Waals surface area contributed by atoms with Crippen LogP contribution in [0.3, 0.4) is 0 Å². The van der Waals surface area contributed by atoms with Crippen LogP contribution in [0.5, 0.6) is 0 Å². The molecule has 0 aromatic carbocycles. The SMILES string of the molecule is CC(C)C[C@H](NC(=O)OC(C)(C)C)C(=O)O[C@H]1C[C@H](n2cc(/C=C/Br)c(=O)[nH]c2=O)O[C@@H]1CO. The molecule has 1 amide bonds. The van der Waals surface area contributed by atoms with E-state index in [0.29, 0.717) is 6.42 Å². The number of ether oxygens (including phenoxy) is 3. The molecule has 0 bridgehead atoms. The van der Waals surface area contributed by atoms with Gasteiger partial charge in [0.15, 0.2) is 0 Å². The molecule has 1 aliphatic heterocycles. The molecule has 12 heteroatoms. The number of aromatic nitrogens is 2. The number of rotatable bonds is 8. The smallest absolute Gasteiger partial charge is 0.408 e. The van der Waals surface area contributed by atoms with Gasteiger partial charge in [-0.2, -0.15) is 0 Å². The lowest BCUT2D eigenvalue weighted by molar-refractivity contribution is -0.156. The van der Waals surface area contributed by atoms with Crippen molar-refractivity contribution in [2.75, 3.05) is 6.61 Å². The van der Waals surface area contributed by atoms with Crippen LogP contribution < -0.4 is 16.6 Å². The van der Waals surface area contributed by atoms with Gasteiger partial charge in [0, 0.05) is 12.6 Å². The Balaban J connectivity index is 2.19. The fraction of sp³-hybridized carbons (Fsp3) is 0.636. The van der Waals surface area contributed by atoms with Crippen molar-refractivity contribution in [3.05, 3.63) is 37.6 Å². The highest BCUT2D eigenvalue weighted by atomic mass is 79.9. The second-order valence-corrected chi connectivity index (χ2v) is 9.92. The number of amides is 1. The molecule has 1 aromatic heterocycles. The van der Waals surface area contributed by atoms with Gasteiger partial charge >= 0.3 is 17.8 Å². The van der Waals surface area contributed by atoms with Gasteiger partial charge in [0.2, 0.25) is 0 Å². The molecule has 1 aromatic rings. The van der Waals surface area contributed by atoms with Crippen LogP contribution in [-0.2, 0) is 19.0 Å². The third-order valence-corrected chi connectivity index (χ3v) is 5.12. The van der Waals surface area contributed by atoms with Gasteiger partial charge in [-0.05, 0) is 44.2 Å². The van der Waals surface area contributed by atoms with Crippen LogP contribution in [-0.4, -0.2) is 57.2 Å². The lowest BCUT2D eigenvalue weighted by Gasteiger charge is -2.25. The molecule has 1 fully saturated rings. The Morgan fingerprint density at radius 2 is 2.06 bits per heavy atom. The van der Waals surface area contributed by atoms with Crippen molar-refractivity contribution in [3.8, 4) is 0 Å². The van der Waals surface area contributed by atoms with Gasteiger partial charge in [0.1, 0.15) is 30.1 Å². The van der Waals surface area contributed by atoms with Crippen LogP contribution in [0.4, 0.5) is 4.79 Å². The summed E-state index contributed by atoms with van der Waals surface area (Å²) in [6, 6.07) is -0.972. The normalized spacial score (nSPS) is 21.6. The predicted molar refractivity (Wildman–Crippen MR) is 127 cm³/mol. The van der Waals surface area contributed by atoms with E-state index < -0.39 is 60.0 Å². The maximum Gasteiger partial charge on any atom is 0.408 e. The van der Waals surface area contributed by atoms with Crippen molar-refractivity contribution in [3.63, 3.8) is 0 Å². The average molecular weight is 546 g/mol. The first-order chi connectivity index (χ1) is 15.8. The molecule has 34 heavy (non-hydrogen) atoms. The Kier molecular flexibility index (Phi) is 9.65. The third kappa shape index (κ3) is 7.81. The summed E-state index contributed by atoms with van der Waals surface area (Å²) in [7, 11) is 0. The zero-order valence-electron chi connectivity index (χ0n) is 19.9. The number of hydrogen-bond acceptors (Lipinski definition) is 8. The highest BCUT2D eigenvalue weighted by Gasteiger charge is 2.40. The van der Waals surface area contributed by atoms with E-state index in [1.54, 1.807) is 20.8 Å². The van der Waals surface area contributed by atoms with Gasteiger partial charge in [0.25, 0.3) is 5.56 Å². The summed E-state index contributed by atoms with van der Waals surface area (Å²) in [5.41, 5.74) is -1.80. The van der Waals surface area contributed by atoms with Crippen molar-refractivity contribution in [2.24, 2.45) is 5.92 Å². The van der Waals surface area contributed by atoms with Crippen molar-refractivity contribution < 1.29 is 28.9 Å². The quantitative estimate of drug-likeness (QED) is 0.420.